The molecule has 1 saturated heterocycles. The average molecular weight is 326 g/mol. The standard InChI is InChI=1S/C19H26N4O/c1-14-11-20-23(12-14)13-15-6-8-22(9-7-15)19(24)18-10-16-4-2-3-5-17(16)21-18/h10-12,15,21H,2-9,13H2,1H3. The molecule has 0 radical (unpaired) electrons. The van der Waals surface area contributed by atoms with Crippen LogP contribution in [-0.4, -0.2) is 38.7 Å². The summed E-state index contributed by atoms with van der Waals surface area (Å²) in [5.41, 5.74) is 4.64. The normalized spacial score (nSPS) is 18.6. The molecule has 1 amide bonds. The molecule has 1 N–H and O–H groups in total. The van der Waals surface area contributed by atoms with Gasteiger partial charge in [-0.1, -0.05) is 0 Å². The molecule has 0 aromatic carbocycles. The molecule has 128 valence electrons. The van der Waals surface area contributed by atoms with Crippen LogP contribution in [0.25, 0.3) is 0 Å². The van der Waals surface area contributed by atoms with Crippen LogP contribution in [0.3, 0.4) is 0 Å². The molecule has 24 heavy (non-hydrogen) atoms. The van der Waals surface area contributed by atoms with Crippen molar-refractivity contribution in [2.75, 3.05) is 13.1 Å². The minimum Gasteiger partial charge on any atom is -0.354 e. The Labute approximate surface area is 143 Å². The maximum atomic E-state index is 12.8. The summed E-state index contributed by atoms with van der Waals surface area (Å²) < 4.78 is 2.04. The molecule has 2 aromatic heterocycles. The minimum atomic E-state index is 0.179. The van der Waals surface area contributed by atoms with Crippen LogP contribution in [0.5, 0.6) is 0 Å². The molecule has 5 heteroatoms. The second-order valence-electron chi connectivity index (χ2n) is 7.37. The van der Waals surface area contributed by atoms with E-state index >= 15 is 0 Å². The minimum absolute atomic E-state index is 0.179. The Kier molecular flexibility index (Phi) is 4.17. The van der Waals surface area contributed by atoms with Crippen molar-refractivity contribution in [2.45, 2.75) is 52.0 Å². The maximum Gasteiger partial charge on any atom is 0.270 e. The van der Waals surface area contributed by atoms with Crippen LogP contribution in [0.15, 0.2) is 18.5 Å². The van der Waals surface area contributed by atoms with Crippen molar-refractivity contribution < 1.29 is 4.79 Å². The number of amides is 1. The predicted molar refractivity (Wildman–Crippen MR) is 93.0 cm³/mol. The number of fused-ring (bicyclic) bond motifs is 1. The third-order valence-corrected chi connectivity index (χ3v) is 5.45. The summed E-state index contributed by atoms with van der Waals surface area (Å²) in [6.45, 7) is 4.74. The number of likely N-dealkylation sites (tertiary alicyclic amines) is 1. The van der Waals surface area contributed by atoms with Gasteiger partial charge in [0.2, 0.25) is 0 Å². The molecule has 2 aromatic rings. The number of aromatic amines is 1. The molecular weight excluding hydrogens is 300 g/mol. The zero-order valence-electron chi connectivity index (χ0n) is 14.4. The van der Waals surface area contributed by atoms with E-state index in [1.807, 2.05) is 15.8 Å². The lowest BCUT2D eigenvalue weighted by Crippen LogP contribution is -2.39. The molecule has 4 rings (SSSR count). The number of nitrogens with zero attached hydrogens (tertiary/aromatic N) is 3. The van der Waals surface area contributed by atoms with Gasteiger partial charge in [0, 0.05) is 31.5 Å². The van der Waals surface area contributed by atoms with Gasteiger partial charge in [0.15, 0.2) is 0 Å². The summed E-state index contributed by atoms with van der Waals surface area (Å²) in [7, 11) is 0. The number of hydrogen-bond acceptors (Lipinski definition) is 2. The van der Waals surface area contributed by atoms with Gasteiger partial charge >= 0.3 is 0 Å². The Hall–Kier alpha value is -2.04. The van der Waals surface area contributed by atoms with Crippen LogP contribution in [0.2, 0.25) is 0 Å². The van der Waals surface area contributed by atoms with E-state index in [2.05, 4.69) is 29.3 Å². The summed E-state index contributed by atoms with van der Waals surface area (Å²) in [6.07, 6.45) is 10.8. The van der Waals surface area contributed by atoms with E-state index in [1.54, 1.807) is 0 Å². The van der Waals surface area contributed by atoms with Crippen molar-refractivity contribution in [3.8, 4) is 0 Å². The van der Waals surface area contributed by atoms with Gasteiger partial charge in [0.25, 0.3) is 5.91 Å². The molecule has 3 heterocycles. The highest BCUT2D eigenvalue weighted by molar-refractivity contribution is 5.93. The lowest BCUT2D eigenvalue weighted by molar-refractivity contribution is 0.0676. The first-order valence-corrected chi connectivity index (χ1v) is 9.18. The quantitative estimate of drug-likeness (QED) is 0.943. The molecule has 2 aliphatic rings. The highest BCUT2D eigenvalue weighted by Crippen LogP contribution is 2.24. The predicted octanol–water partition coefficient (Wildman–Crippen LogP) is 2.95. The van der Waals surface area contributed by atoms with E-state index in [1.165, 1.54) is 29.7 Å². The molecule has 1 aliphatic carbocycles. The van der Waals surface area contributed by atoms with E-state index in [-0.39, 0.29) is 5.91 Å². The largest absolute Gasteiger partial charge is 0.354 e. The topological polar surface area (TPSA) is 53.9 Å². The highest BCUT2D eigenvalue weighted by Gasteiger charge is 2.26. The van der Waals surface area contributed by atoms with E-state index in [0.29, 0.717) is 5.92 Å². The fraction of sp³-hybridized carbons (Fsp3) is 0.579. The lowest BCUT2D eigenvalue weighted by Gasteiger charge is -2.31. The first-order chi connectivity index (χ1) is 11.7. The van der Waals surface area contributed by atoms with Crippen molar-refractivity contribution in [3.05, 3.63) is 41.0 Å². The Bertz CT molecular complexity index is 698. The van der Waals surface area contributed by atoms with Crippen LogP contribution in [-0.2, 0) is 19.4 Å². The second-order valence-corrected chi connectivity index (χ2v) is 7.37. The molecule has 1 fully saturated rings. The third kappa shape index (κ3) is 3.12. The zero-order chi connectivity index (χ0) is 16.5. The van der Waals surface area contributed by atoms with Gasteiger partial charge in [-0.3, -0.25) is 9.48 Å². The van der Waals surface area contributed by atoms with Crippen molar-refractivity contribution in [1.29, 1.82) is 0 Å². The van der Waals surface area contributed by atoms with Gasteiger partial charge in [-0.25, -0.2) is 0 Å². The fourth-order valence-corrected chi connectivity index (χ4v) is 4.04. The zero-order valence-corrected chi connectivity index (χ0v) is 14.4. The van der Waals surface area contributed by atoms with Crippen LogP contribution >= 0.6 is 0 Å². The number of rotatable bonds is 3. The third-order valence-electron chi connectivity index (χ3n) is 5.45. The SMILES string of the molecule is Cc1cnn(CC2CCN(C(=O)c3cc4c([nH]3)CCCC4)CC2)c1. The Morgan fingerprint density at radius 1 is 1.29 bits per heavy atom. The number of H-pyrrole nitrogens is 1. The van der Waals surface area contributed by atoms with Gasteiger partial charge < -0.3 is 9.88 Å². The van der Waals surface area contributed by atoms with Gasteiger partial charge in [0.1, 0.15) is 5.69 Å². The summed E-state index contributed by atoms with van der Waals surface area (Å²) in [5.74, 6) is 0.794. The number of aromatic nitrogens is 3. The van der Waals surface area contributed by atoms with Crippen molar-refractivity contribution in [2.24, 2.45) is 5.92 Å². The van der Waals surface area contributed by atoms with E-state index in [9.17, 15) is 4.79 Å². The molecule has 0 bridgehead atoms. The van der Waals surface area contributed by atoms with E-state index < -0.39 is 0 Å². The number of piperidine rings is 1. The lowest BCUT2D eigenvalue weighted by atomic mass is 9.96. The van der Waals surface area contributed by atoms with E-state index in [0.717, 1.165) is 51.0 Å². The number of aryl methyl sites for hydroxylation is 3. The highest BCUT2D eigenvalue weighted by atomic mass is 16.2. The summed E-state index contributed by atoms with van der Waals surface area (Å²) >= 11 is 0. The average Bonchev–Trinajstić information content (AvgIpc) is 3.21. The second kappa shape index (κ2) is 6.46. The monoisotopic (exact) mass is 326 g/mol. The van der Waals surface area contributed by atoms with Crippen LogP contribution in [0.1, 0.15) is 53.0 Å². The molecule has 1 aliphatic heterocycles. The molecule has 0 spiro atoms. The number of hydrogen-bond donors (Lipinski definition) is 1. The Balaban J connectivity index is 1.35. The van der Waals surface area contributed by atoms with Crippen LogP contribution < -0.4 is 0 Å². The first-order valence-electron chi connectivity index (χ1n) is 9.18. The van der Waals surface area contributed by atoms with Crippen molar-refractivity contribution in [1.82, 2.24) is 19.7 Å². The van der Waals surface area contributed by atoms with Crippen molar-refractivity contribution in [3.63, 3.8) is 0 Å². The Morgan fingerprint density at radius 2 is 2.08 bits per heavy atom. The van der Waals surface area contributed by atoms with Gasteiger partial charge in [-0.15, -0.1) is 0 Å². The maximum absolute atomic E-state index is 12.8. The molecule has 0 unspecified atom stereocenters. The molecule has 5 nitrogen and oxygen atoms in total. The number of nitrogens with one attached hydrogen (secondary N) is 1. The number of carbonyl (C=O) groups is 1. The summed E-state index contributed by atoms with van der Waals surface area (Å²) in [6, 6.07) is 2.09. The van der Waals surface area contributed by atoms with Crippen molar-refractivity contribution >= 4 is 5.91 Å². The summed E-state index contributed by atoms with van der Waals surface area (Å²) in [5, 5.41) is 4.38. The van der Waals surface area contributed by atoms with E-state index in [4.69, 9.17) is 0 Å². The van der Waals surface area contributed by atoms with Gasteiger partial charge in [-0.05, 0) is 68.6 Å². The molecule has 0 saturated carbocycles. The summed E-state index contributed by atoms with van der Waals surface area (Å²) in [4.78, 5) is 18.2. The Morgan fingerprint density at radius 3 is 2.79 bits per heavy atom. The first kappa shape index (κ1) is 15.5. The van der Waals surface area contributed by atoms with Gasteiger partial charge in [-0.2, -0.15) is 5.10 Å². The fourth-order valence-electron chi connectivity index (χ4n) is 4.04. The molecule has 0 atom stereocenters. The molecular formula is C19H26N4O. The number of carbonyl (C=O) groups excluding carboxylic acids is 1. The van der Waals surface area contributed by atoms with Gasteiger partial charge in [0.05, 0.1) is 6.20 Å². The van der Waals surface area contributed by atoms with Crippen LogP contribution in [0, 0.1) is 12.8 Å². The van der Waals surface area contributed by atoms with Crippen LogP contribution in [0.4, 0.5) is 0 Å². The smallest absolute Gasteiger partial charge is 0.270 e.